The van der Waals surface area contributed by atoms with Crippen LogP contribution in [0, 0.1) is 11.6 Å². The Hall–Kier alpha value is -2.83. The highest BCUT2D eigenvalue weighted by Crippen LogP contribution is 2.20. The highest BCUT2D eigenvalue weighted by atomic mass is 19.1. The van der Waals surface area contributed by atoms with Crippen LogP contribution >= 0.6 is 0 Å². The molecule has 0 aliphatic rings. The topological polar surface area (TPSA) is 52.8 Å². The Kier molecular flexibility index (Phi) is 3.78. The number of hydrogen-bond donors (Lipinski definition) is 0. The second-order valence-electron chi connectivity index (χ2n) is 4.61. The van der Waals surface area contributed by atoms with E-state index >= 15 is 0 Å². The number of halogens is 2. The van der Waals surface area contributed by atoms with Gasteiger partial charge in [-0.3, -0.25) is 0 Å². The minimum Gasteiger partial charge on any atom is -0.496 e. The van der Waals surface area contributed by atoms with Gasteiger partial charge in [-0.1, -0.05) is 0 Å². The molecule has 112 valence electrons. The van der Waals surface area contributed by atoms with Gasteiger partial charge in [0.15, 0.2) is 0 Å². The third kappa shape index (κ3) is 2.93. The fourth-order valence-corrected chi connectivity index (χ4v) is 2.05. The summed E-state index contributed by atoms with van der Waals surface area (Å²) in [5, 5.41) is 12.0. The molecule has 0 bridgehead atoms. The highest BCUT2D eigenvalue weighted by Gasteiger charge is 2.10. The zero-order valence-electron chi connectivity index (χ0n) is 11.7. The standard InChI is InChI=1S/C15H12F2N4O/c1-22-14-7-6-13(17)8-11(14)9-21-19-15(18-20-21)10-2-4-12(16)5-3-10/h2-8H,9H2,1H3. The van der Waals surface area contributed by atoms with E-state index in [1.54, 1.807) is 18.2 Å². The van der Waals surface area contributed by atoms with Crippen molar-refractivity contribution >= 4 is 0 Å². The predicted molar refractivity (Wildman–Crippen MR) is 75.3 cm³/mol. The Balaban J connectivity index is 1.85. The number of tetrazole rings is 1. The predicted octanol–water partition coefficient (Wildman–Crippen LogP) is 2.68. The van der Waals surface area contributed by atoms with Crippen LogP contribution in [-0.2, 0) is 6.54 Å². The Labute approximate surface area is 125 Å². The van der Waals surface area contributed by atoms with Crippen molar-refractivity contribution in [3.8, 4) is 17.1 Å². The number of methoxy groups -OCH3 is 1. The summed E-state index contributed by atoms with van der Waals surface area (Å²) >= 11 is 0. The molecule has 3 aromatic rings. The van der Waals surface area contributed by atoms with Gasteiger partial charge in [0.05, 0.1) is 13.7 Å². The van der Waals surface area contributed by atoms with Crippen LogP contribution in [0.25, 0.3) is 11.4 Å². The molecular weight excluding hydrogens is 290 g/mol. The third-order valence-corrected chi connectivity index (χ3v) is 3.11. The molecule has 0 amide bonds. The van der Waals surface area contributed by atoms with E-state index in [1.165, 1.54) is 36.2 Å². The van der Waals surface area contributed by atoms with Gasteiger partial charge in [0.25, 0.3) is 0 Å². The van der Waals surface area contributed by atoms with Crippen LogP contribution in [0.4, 0.5) is 8.78 Å². The Morgan fingerprint density at radius 1 is 1.05 bits per heavy atom. The van der Waals surface area contributed by atoms with Crippen LogP contribution in [0.15, 0.2) is 42.5 Å². The first-order valence-electron chi connectivity index (χ1n) is 6.52. The summed E-state index contributed by atoms with van der Waals surface area (Å²) in [5.74, 6) is 0.215. The number of benzene rings is 2. The van der Waals surface area contributed by atoms with Crippen LogP contribution in [0.1, 0.15) is 5.56 Å². The van der Waals surface area contributed by atoms with Gasteiger partial charge in [-0.2, -0.15) is 4.80 Å². The van der Waals surface area contributed by atoms with Gasteiger partial charge in [-0.15, -0.1) is 10.2 Å². The lowest BCUT2D eigenvalue weighted by Crippen LogP contribution is -2.06. The lowest BCUT2D eigenvalue weighted by Gasteiger charge is -2.07. The molecule has 7 heteroatoms. The van der Waals surface area contributed by atoms with Crippen LogP contribution in [0.5, 0.6) is 5.75 Å². The SMILES string of the molecule is COc1ccc(F)cc1Cn1nnc(-c2ccc(F)cc2)n1. The van der Waals surface area contributed by atoms with Gasteiger partial charge in [0.2, 0.25) is 5.82 Å². The monoisotopic (exact) mass is 302 g/mol. The third-order valence-electron chi connectivity index (χ3n) is 3.11. The van der Waals surface area contributed by atoms with E-state index in [4.69, 9.17) is 4.74 Å². The number of aromatic nitrogens is 4. The van der Waals surface area contributed by atoms with E-state index in [0.717, 1.165) is 0 Å². The Morgan fingerprint density at radius 3 is 2.50 bits per heavy atom. The molecule has 1 aromatic heterocycles. The van der Waals surface area contributed by atoms with Crippen molar-refractivity contribution in [3.05, 3.63) is 59.7 Å². The quantitative estimate of drug-likeness (QED) is 0.743. The molecule has 0 aliphatic heterocycles. The van der Waals surface area contributed by atoms with Crippen molar-refractivity contribution in [3.63, 3.8) is 0 Å². The first kappa shape index (κ1) is 14.1. The summed E-state index contributed by atoms with van der Waals surface area (Å²) in [4.78, 5) is 1.33. The normalized spacial score (nSPS) is 10.7. The second kappa shape index (κ2) is 5.88. The first-order valence-corrected chi connectivity index (χ1v) is 6.52. The molecule has 3 rings (SSSR count). The van der Waals surface area contributed by atoms with E-state index < -0.39 is 0 Å². The molecule has 0 unspecified atom stereocenters. The van der Waals surface area contributed by atoms with Gasteiger partial charge in [0, 0.05) is 11.1 Å². The Bertz CT molecular complexity index is 786. The van der Waals surface area contributed by atoms with E-state index in [9.17, 15) is 8.78 Å². The smallest absolute Gasteiger partial charge is 0.204 e. The number of nitrogens with zero attached hydrogens (tertiary/aromatic N) is 4. The maximum atomic E-state index is 13.3. The van der Waals surface area contributed by atoms with Gasteiger partial charge >= 0.3 is 0 Å². The number of ether oxygens (including phenoxy) is 1. The first-order chi connectivity index (χ1) is 10.7. The van der Waals surface area contributed by atoms with Crippen molar-refractivity contribution in [2.24, 2.45) is 0 Å². The van der Waals surface area contributed by atoms with Gasteiger partial charge in [-0.05, 0) is 47.7 Å². The fourth-order valence-electron chi connectivity index (χ4n) is 2.05. The summed E-state index contributed by atoms with van der Waals surface area (Å²) in [6.45, 7) is 0.217. The fraction of sp³-hybridized carbons (Fsp3) is 0.133. The average Bonchev–Trinajstić information content (AvgIpc) is 2.97. The van der Waals surface area contributed by atoms with Crippen LogP contribution < -0.4 is 4.74 Å². The molecule has 0 spiro atoms. The zero-order valence-corrected chi connectivity index (χ0v) is 11.7. The maximum absolute atomic E-state index is 13.3. The van der Waals surface area contributed by atoms with Crippen molar-refractivity contribution in [2.45, 2.75) is 6.54 Å². The lowest BCUT2D eigenvalue weighted by molar-refractivity contribution is 0.403. The second-order valence-corrected chi connectivity index (χ2v) is 4.61. The number of hydrogen-bond acceptors (Lipinski definition) is 4. The van der Waals surface area contributed by atoms with Crippen molar-refractivity contribution in [2.75, 3.05) is 7.11 Å². The molecule has 0 saturated carbocycles. The molecular formula is C15H12F2N4O. The summed E-state index contributed by atoms with van der Waals surface area (Å²) < 4.78 is 31.4. The van der Waals surface area contributed by atoms with E-state index in [0.29, 0.717) is 22.7 Å². The molecule has 0 fully saturated rings. The zero-order chi connectivity index (χ0) is 15.5. The van der Waals surface area contributed by atoms with E-state index in [2.05, 4.69) is 15.4 Å². The van der Waals surface area contributed by atoms with Gasteiger partial charge in [0.1, 0.15) is 17.4 Å². The Morgan fingerprint density at radius 2 is 1.77 bits per heavy atom. The summed E-state index contributed by atoms with van der Waals surface area (Å²) in [7, 11) is 1.51. The summed E-state index contributed by atoms with van der Waals surface area (Å²) in [5.41, 5.74) is 1.25. The summed E-state index contributed by atoms with van der Waals surface area (Å²) in [6.07, 6.45) is 0. The van der Waals surface area contributed by atoms with Crippen molar-refractivity contribution in [1.82, 2.24) is 20.2 Å². The largest absolute Gasteiger partial charge is 0.496 e. The minimum absolute atomic E-state index is 0.217. The molecule has 0 aliphatic carbocycles. The molecule has 0 radical (unpaired) electrons. The molecule has 0 saturated heterocycles. The maximum Gasteiger partial charge on any atom is 0.204 e. The van der Waals surface area contributed by atoms with Crippen LogP contribution in [0.2, 0.25) is 0 Å². The van der Waals surface area contributed by atoms with Crippen molar-refractivity contribution < 1.29 is 13.5 Å². The van der Waals surface area contributed by atoms with Gasteiger partial charge < -0.3 is 4.74 Å². The molecule has 0 N–H and O–H groups in total. The van der Waals surface area contributed by atoms with Crippen LogP contribution in [-0.4, -0.2) is 27.3 Å². The van der Waals surface area contributed by atoms with E-state index in [-0.39, 0.29) is 18.2 Å². The minimum atomic E-state index is -0.366. The lowest BCUT2D eigenvalue weighted by atomic mass is 10.2. The van der Waals surface area contributed by atoms with Crippen molar-refractivity contribution in [1.29, 1.82) is 0 Å². The molecule has 5 nitrogen and oxygen atoms in total. The van der Waals surface area contributed by atoms with Gasteiger partial charge in [-0.25, -0.2) is 8.78 Å². The molecule has 1 heterocycles. The molecule has 2 aromatic carbocycles. The summed E-state index contributed by atoms with van der Waals surface area (Å²) in [6, 6.07) is 10.0. The van der Waals surface area contributed by atoms with Crippen LogP contribution in [0.3, 0.4) is 0 Å². The molecule has 22 heavy (non-hydrogen) atoms. The number of rotatable bonds is 4. The highest BCUT2D eigenvalue weighted by molar-refractivity contribution is 5.53. The van der Waals surface area contributed by atoms with E-state index in [1.807, 2.05) is 0 Å². The molecule has 0 atom stereocenters. The average molecular weight is 302 g/mol.